The minimum absolute atomic E-state index is 0.227. The van der Waals surface area contributed by atoms with Crippen molar-refractivity contribution in [3.63, 3.8) is 0 Å². The fraction of sp³-hybridized carbons (Fsp3) is 0.0667. The summed E-state index contributed by atoms with van der Waals surface area (Å²) in [6.07, 6.45) is 1.75. The summed E-state index contributed by atoms with van der Waals surface area (Å²) in [6.45, 7) is 0. The molecule has 0 spiro atoms. The highest BCUT2D eigenvalue weighted by molar-refractivity contribution is 6.58. The van der Waals surface area contributed by atoms with E-state index in [1.165, 1.54) is 0 Å². The van der Waals surface area contributed by atoms with Crippen molar-refractivity contribution in [1.82, 2.24) is 0 Å². The number of hydrogen-bond donors (Lipinski definition) is 3. The van der Waals surface area contributed by atoms with E-state index in [4.69, 9.17) is 0 Å². The minimum atomic E-state index is -1.50. The molecule has 0 bridgehead atoms. The molecule has 1 atom stereocenters. The second kappa shape index (κ2) is 4.57. The second-order valence-corrected chi connectivity index (χ2v) is 4.67. The van der Waals surface area contributed by atoms with Crippen molar-refractivity contribution < 1.29 is 15.2 Å². The first-order valence-corrected chi connectivity index (χ1v) is 6.12. The van der Waals surface area contributed by atoms with Crippen LogP contribution in [0.2, 0.25) is 0 Å². The standard InChI is InChI=1S/C15H13BO3/c17-14-9-10-4-1-2-7-13(10)15(14)11-5-3-6-12(8-11)16(18)19/h1-9,15,17-19H. The van der Waals surface area contributed by atoms with Gasteiger partial charge in [-0.25, -0.2) is 0 Å². The smallest absolute Gasteiger partial charge is 0.488 e. The molecule has 1 aliphatic rings. The SMILES string of the molecule is OB(O)c1cccc(C2C(O)=Cc3ccccc32)c1. The number of benzene rings is 2. The van der Waals surface area contributed by atoms with Crippen LogP contribution in [0.25, 0.3) is 6.08 Å². The van der Waals surface area contributed by atoms with Crippen molar-refractivity contribution in [3.05, 3.63) is 71.0 Å². The molecule has 94 valence electrons. The summed E-state index contributed by atoms with van der Waals surface area (Å²) in [5, 5.41) is 28.6. The van der Waals surface area contributed by atoms with Crippen molar-refractivity contribution in [1.29, 1.82) is 0 Å². The molecule has 1 aliphatic carbocycles. The largest absolute Gasteiger partial charge is 0.511 e. The van der Waals surface area contributed by atoms with Crippen LogP contribution >= 0.6 is 0 Å². The molecule has 2 aromatic carbocycles. The summed E-state index contributed by atoms with van der Waals surface area (Å²) < 4.78 is 0. The fourth-order valence-electron chi connectivity index (χ4n) is 2.56. The molecule has 0 fully saturated rings. The molecule has 4 heteroatoms. The molecular weight excluding hydrogens is 239 g/mol. The molecule has 3 nitrogen and oxygen atoms in total. The van der Waals surface area contributed by atoms with Gasteiger partial charge in [0.05, 0.1) is 5.92 Å². The van der Waals surface area contributed by atoms with Gasteiger partial charge in [-0.3, -0.25) is 0 Å². The zero-order valence-corrected chi connectivity index (χ0v) is 10.2. The van der Waals surface area contributed by atoms with Crippen molar-refractivity contribution in [2.75, 3.05) is 0 Å². The molecule has 2 aromatic rings. The fourth-order valence-corrected chi connectivity index (χ4v) is 2.56. The van der Waals surface area contributed by atoms with Crippen molar-refractivity contribution in [3.8, 4) is 0 Å². The van der Waals surface area contributed by atoms with E-state index in [2.05, 4.69) is 0 Å². The van der Waals surface area contributed by atoms with Gasteiger partial charge in [0.25, 0.3) is 0 Å². The second-order valence-electron chi connectivity index (χ2n) is 4.67. The maximum atomic E-state index is 10.1. The average molecular weight is 252 g/mol. The van der Waals surface area contributed by atoms with E-state index in [9.17, 15) is 15.2 Å². The quantitative estimate of drug-likeness (QED) is 0.708. The third-order valence-corrected chi connectivity index (χ3v) is 3.45. The Kier molecular flexibility index (Phi) is 2.89. The number of hydrogen-bond acceptors (Lipinski definition) is 3. The van der Waals surface area contributed by atoms with Crippen molar-refractivity contribution in [2.45, 2.75) is 5.92 Å². The van der Waals surface area contributed by atoms with Gasteiger partial charge >= 0.3 is 7.12 Å². The Morgan fingerprint density at radius 3 is 2.53 bits per heavy atom. The zero-order valence-electron chi connectivity index (χ0n) is 10.2. The minimum Gasteiger partial charge on any atom is -0.511 e. The third kappa shape index (κ3) is 2.05. The van der Waals surface area contributed by atoms with E-state index >= 15 is 0 Å². The Morgan fingerprint density at radius 2 is 1.74 bits per heavy atom. The summed E-state index contributed by atoms with van der Waals surface area (Å²) in [5.74, 6) is 0.0562. The highest BCUT2D eigenvalue weighted by atomic mass is 16.4. The highest BCUT2D eigenvalue weighted by Gasteiger charge is 2.27. The summed E-state index contributed by atoms with van der Waals surface area (Å²) in [6, 6.07) is 14.8. The molecule has 19 heavy (non-hydrogen) atoms. The number of rotatable bonds is 2. The van der Waals surface area contributed by atoms with Gasteiger partial charge in [0.2, 0.25) is 0 Å². The van der Waals surface area contributed by atoms with Crippen molar-refractivity contribution in [2.24, 2.45) is 0 Å². The highest BCUT2D eigenvalue weighted by Crippen LogP contribution is 2.39. The Bertz CT molecular complexity index is 649. The van der Waals surface area contributed by atoms with E-state index in [0.29, 0.717) is 5.46 Å². The molecule has 0 saturated heterocycles. The van der Waals surface area contributed by atoms with Gasteiger partial charge in [-0.15, -0.1) is 0 Å². The van der Waals surface area contributed by atoms with Crippen LogP contribution in [0.15, 0.2) is 54.3 Å². The lowest BCUT2D eigenvalue weighted by molar-refractivity contribution is 0.391. The first-order chi connectivity index (χ1) is 9.16. The molecule has 3 rings (SSSR count). The van der Waals surface area contributed by atoms with Crippen molar-refractivity contribution >= 4 is 18.7 Å². The Balaban J connectivity index is 2.08. The van der Waals surface area contributed by atoms with Gasteiger partial charge in [0.15, 0.2) is 0 Å². The summed E-state index contributed by atoms with van der Waals surface area (Å²) in [5.41, 5.74) is 3.31. The van der Waals surface area contributed by atoms with Crippen LogP contribution in [0.1, 0.15) is 22.6 Å². The van der Waals surface area contributed by atoms with Gasteiger partial charge in [0.1, 0.15) is 5.76 Å². The van der Waals surface area contributed by atoms with E-state index in [1.807, 2.05) is 30.3 Å². The maximum absolute atomic E-state index is 10.1. The number of aliphatic hydroxyl groups excluding tert-OH is 1. The Morgan fingerprint density at radius 1 is 0.947 bits per heavy atom. The molecule has 0 saturated carbocycles. The van der Waals surface area contributed by atoms with Gasteiger partial charge in [0, 0.05) is 0 Å². The third-order valence-electron chi connectivity index (χ3n) is 3.45. The lowest BCUT2D eigenvalue weighted by Gasteiger charge is -2.14. The molecule has 1 unspecified atom stereocenters. The van der Waals surface area contributed by atoms with Crippen LogP contribution in [-0.4, -0.2) is 22.3 Å². The van der Waals surface area contributed by atoms with Gasteiger partial charge in [-0.1, -0.05) is 48.5 Å². The van der Waals surface area contributed by atoms with Crippen LogP contribution < -0.4 is 5.46 Å². The van der Waals surface area contributed by atoms with E-state index < -0.39 is 7.12 Å². The van der Waals surface area contributed by atoms with Gasteiger partial charge in [-0.2, -0.15) is 0 Å². The van der Waals surface area contributed by atoms with Crippen LogP contribution in [-0.2, 0) is 0 Å². The maximum Gasteiger partial charge on any atom is 0.488 e. The van der Waals surface area contributed by atoms with Crippen LogP contribution in [0.5, 0.6) is 0 Å². The zero-order chi connectivity index (χ0) is 13.4. The number of allylic oxidation sites excluding steroid dienone is 1. The van der Waals surface area contributed by atoms with Crippen LogP contribution in [0.3, 0.4) is 0 Å². The monoisotopic (exact) mass is 252 g/mol. The first kappa shape index (κ1) is 12.0. The normalized spacial score (nSPS) is 16.9. The van der Waals surface area contributed by atoms with Gasteiger partial charge < -0.3 is 15.2 Å². The predicted octanol–water partition coefficient (Wildman–Crippen LogP) is 1.41. The molecule has 0 amide bonds. The average Bonchev–Trinajstić information content (AvgIpc) is 2.74. The number of aliphatic hydroxyl groups is 1. The van der Waals surface area contributed by atoms with Crippen LogP contribution in [0, 0.1) is 0 Å². The lowest BCUT2D eigenvalue weighted by atomic mass is 9.78. The first-order valence-electron chi connectivity index (χ1n) is 6.12. The molecule has 0 aromatic heterocycles. The topological polar surface area (TPSA) is 60.7 Å². The molecule has 0 aliphatic heterocycles. The Hall–Kier alpha value is -2.04. The molecule has 0 radical (unpaired) electrons. The van der Waals surface area contributed by atoms with E-state index in [0.717, 1.165) is 16.7 Å². The molecular formula is C15H13BO3. The predicted molar refractivity (Wildman–Crippen MR) is 75.2 cm³/mol. The van der Waals surface area contributed by atoms with Crippen LogP contribution in [0.4, 0.5) is 0 Å². The molecule has 3 N–H and O–H groups in total. The van der Waals surface area contributed by atoms with E-state index in [-0.39, 0.29) is 11.7 Å². The summed E-state index contributed by atoms with van der Waals surface area (Å²) in [4.78, 5) is 0. The number of fused-ring (bicyclic) bond motifs is 1. The summed E-state index contributed by atoms with van der Waals surface area (Å²) in [7, 11) is -1.50. The van der Waals surface area contributed by atoms with Gasteiger partial charge in [-0.05, 0) is 28.2 Å². The van der Waals surface area contributed by atoms with E-state index in [1.54, 1.807) is 24.3 Å². The lowest BCUT2D eigenvalue weighted by Crippen LogP contribution is -2.30. The molecule has 0 heterocycles. The Labute approximate surface area is 111 Å². The summed E-state index contributed by atoms with van der Waals surface area (Å²) >= 11 is 0.